The predicted molar refractivity (Wildman–Crippen MR) is 122 cm³/mol. The van der Waals surface area contributed by atoms with Crippen LogP contribution >= 0.6 is 24.0 Å². The lowest BCUT2D eigenvalue weighted by molar-refractivity contribution is -0.0679. The van der Waals surface area contributed by atoms with Crippen molar-refractivity contribution < 1.29 is 4.74 Å². The maximum atomic E-state index is 6.00. The molecule has 3 N–H and O–H groups in total. The van der Waals surface area contributed by atoms with Crippen LogP contribution < -0.4 is 11.1 Å². The van der Waals surface area contributed by atoms with Crippen molar-refractivity contribution in [2.75, 3.05) is 31.5 Å². The third-order valence-corrected chi connectivity index (χ3v) is 4.77. The van der Waals surface area contributed by atoms with Gasteiger partial charge in [-0.3, -0.25) is 9.89 Å². The van der Waals surface area contributed by atoms with Crippen molar-refractivity contribution in [3.05, 3.63) is 29.8 Å². The SMILES string of the molecule is CCC(C)c1ccc(NC(N)=NCCCN2CC(C)OC(C)C2)cc1.I. The first-order valence-electron chi connectivity index (χ1n) is 9.52. The van der Waals surface area contributed by atoms with E-state index in [0.717, 1.165) is 44.7 Å². The summed E-state index contributed by atoms with van der Waals surface area (Å²) in [5.74, 6) is 1.07. The fraction of sp³-hybridized carbons (Fsp3) is 0.650. The summed E-state index contributed by atoms with van der Waals surface area (Å²) in [5, 5.41) is 3.17. The molecule has 0 aliphatic carbocycles. The van der Waals surface area contributed by atoms with E-state index in [0.29, 0.717) is 24.1 Å². The van der Waals surface area contributed by atoms with Gasteiger partial charge in [0.05, 0.1) is 12.2 Å². The average molecular weight is 474 g/mol. The van der Waals surface area contributed by atoms with Crippen LogP contribution in [0.2, 0.25) is 0 Å². The van der Waals surface area contributed by atoms with E-state index < -0.39 is 0 Å². The number of nitrogens with zero attached hydrogens (tertiary/aromatic N) is 2. The highest BCUT2D eigenvalue weighted by molar-refractivity contribution is 14.0. The van der Waals surface area contributed by atoms with Gasteiger partial charge in [-0.1, -0.05) is 26.0 Å². The number of rotatable bonds is 7. The van der Waals surface area contributed by atoms with Gasteiger partial charge in [0, 0.05) is 31.9 Å². The zero-order valence-corrected chi connectivity index (χ0v) is 18.9. The summed E-state index contributed by atoms with van der Waals surface area (Å²) in [7, 11) is 0. The number of hydrogen-bond acceptors (Lipinski definition) is 3. The molecule has 0 bridgehead atoms. The smallest absolute Gasteiger partial charge is 0.193 e. The molecule has 1 aromatic carbocycles. The molecule has 6 heteroatoms. The Kier molecular flexibility index (Phi) is 10.5. The van der Waals surface area contributed by atoms with Crippen molar-refractivity contribution in [2.24, 2.45) is 10.7 Å². The minimum Gasteiger partial charge on any atom is -0.373 e. The normalized spacial score (nSPS) is 22.5. The summed E-state index contributed by atoms with van der Waals surface area (Å²) in [5.41, 5.74) is 8.35. The number of nitrogens with two attached hydrogens (primary N) is 1. The molecule has 1 saturated heterocycles. The fourth-order valence-electron chi connectivity index (χ4n) is 3.28. The molecule has 1 aliphatic heterocycles. The van der Waals surface area contributed by atoms with Crippen molar-refractivity contribution >= 4 is 35.6 Å². The topological polar surface area (TPSA) is 62.9 Å². The van der Waals surface area contributed by atoms with Crippen molar-refractivity contribution in [1.82, 2.24) is 4.90 Å². The molecule has 1 aliphatic rings. The largest absolute Gasteiger partial charge is 0.373 e. The fourth-order valence-corrected chi connectivity index (χ4v) is 3.28. The molecular formula is C20H35IN4O. The number of morpholine rings is 1. The van der Waals surface area contributed by atoms with Crippen LogP contribution in [0.1, 0.15) is 52.0 Å². The van der Waals surface area contributed by atoms with Gasteiger partial charge in [-0.25, -0.2) is 0 Å². The van der Waals surface area contributed by atoms with Gasteiger partial charge in [0.25, 0.3) is 0 Å². The van der Waals surface area contributed by atoms with Gasteiger partial charge in [-0.05, 0) is 50.3 Å². The minimum absolute atomic E-state index is 0. The standard InChI is InChI=1S/C20H34N4O.HI/c1-5-15(2)18-7-9-19(10-8-18)23-20(21)22-11-6-12-24-13-16(3)25-17(4)14-24;/h7-10,15-17H,5-6,11-14H2,1-4H3,(H3,21,22,23);1H. The third-order valence-electron chi connectivity index (χ3n) is 4.77. The predicted octanol–water partition coefficient (Wildman–Crippen LogP) is 4.04. The molecule has 0 saturated carbocycles. The number of benzene rings is 1. The Hall–Kier alpha value is -0.860. The van der Waals surface area contributed by atoms with Crippen molar-refractivity contribution in [1.29, 1.82) is 0 Å². The Morgan fingerprint density at radius 3 is 2.46 bits per heavy atom. The van der Waals surface area contributed by atoms with Gasteiger partial charge in [0.15, 0.2) is 5.96 Å². The Morgan fingerprint density at radius 1 is 1.27 bits per heavy atom. The highest BCUT2D eigenvalue weighted by Crippen LogP contribution is 2.20. The van der Waals surface area contributed by atoms with E-state index >= 15 is 0 Å². The van der Waals surface area contributed by atoms with Gasteiger partial charge in [0.2, 0.25) is 0 Å². The molecular weight excluding hydrogens is 439 g/mol. The summed E-state index contributed by atoms with van der Waals surface area (Å²) < 4.78 is 5.76. The molecule has 1 aromatic rings. The highest BCUT2D eigenvalue weighted by atomic mass is 127. The quantitative estimate of drug-likeness (QED) is 0.271. The van der Waals surface area contributed by atoms with E-state index in [9.17, 15) is 0 Å². The molecule has 0 aromatic heterocycles. The van der Waals surface area contributed by atoms with Crippen molar-refractivity contribution in [3.63, 3.8) is 0 Å². The number of guanidine groups is 1. The second-order valence-corrected chi connectivity index (χ2v) is 7.19. The Morgan fingerprint density at radius 2 is 1.88 bits per heavy atom. The second-order valence-electron chi connectivity index (χ2n) is 7.19. The lowest BCUT2D eigenvalue weighted by Crippen LogP contribution is -2.45. The van der Waals surface area contributed by atoms with Gasteiger partial charge in [-0.15, -0.1) is 24.0 Å². The molecule has 0 spiro atoms. The number of aliphatic imine (C=N–C) groups is 1. The van der Waals surface area contributed by atoms with Crippen LogP contribution in [0.5, 0.6) is 0 Å². The van der Waals surface area contributed by atoms with Gasteiger partial charge >= 0.3 is 0 Å². The van der Waals surface area contributed by atoms with E-state index in [2.05, 4.69) is 67.2 Å². The molecule has 1 fully saturated rings. The van der Waals surface area contributed by atoms with E-state index in [-0.39, 0.29) is 24.0 Å². The molecule has 2 rings (SSSR count). The van der Waals surface area contributed by atoms with Crippen LogP contribution in [-0.4, -0.2) is 49.2 Å². The average Bonchev–Trinajstić information content (AvgIpc) is 2.58. The summed E-state index contributed by atoms with van der Waals surface area (Å²) in [6, 6.07) is 8.45. The van der Waals surface area contributed by atoms with E-state index in [1.807, 2.05) is 0 Å². The second kappa shape index (κ2) is 11.8. The summed E-state index contributed by atoms with van der Waals surface area (Å²) >= 11 is 0. The molecule has 26 heavy (non-hydrogen) atoms. The maximum absolute atomic E-state index is 6.00. The number of anilines is 1. The number of halogens is 1. The molecule has 1 heterocycles. The number of nitrogens with one attached hydrogen (secondary N) is 1. The molecule has 0 radical (unpaired) electrons. The first-order valence-corrected chi connectivity index (χ1v) is 9.52. The van der Waals surface area contributed by atoms with Gasteiger partial charge < -0.3 is 15.8 Å². The zero-order valence-electron chi connectivity index (χ0n) is 16.6. The molecule has 3 atom stereocenters. The minimum atomic E-state index is 0. The van der Waals surface area contributed by atoms with Gasteiger partial charge in [0.1, 0.15) is 0 Å². The molecule has 0 amide bonds. The third kappa shape index (κ3) is 7.80. The summed E-state index contributed by atoms with van der Waals surface area (Å²) in [6.45, 7) is 12.5. The van der Waals surface area contributed by atoms with Crippen LogP contribution in [-0.2, 0) is 4.74 Å². The van der Waals surface area contributed by atoms with Crippen molar-refractivity contribution in [3.8, 4) is 0 Å². The summed E-state index contributed by atoms with van der Waals surface area (Å²) in [6.07, 6.45) is 2.79. The van der Waals surface area contributed by atoms with Crippen LogP contribution in [0.4, 0.5) is 5.69 Å². The lowest BCUT2D eigenvalue weighted by atomic mass is 9.99. The number of ether oxygens (including phenoxy) is 1. The monoisotopic (exact) mass is 474 g/mol. The Labute approximate surface area is 175 Å². The van der Waals surface area contributed by atoms with Crippen molar-refractivity contribution in [2.45, 2.75) is 58.7 Å². The van der Waals surface area contributed by atoms with Crippen LogP contribution in [0.3, 0.4) is 0 Å². The first-order chi connectivity index (χ1) is 12.0. The van der Waals surface area contributed by atoms with Gasteiger partial charge in [-0.2, -0.15) is 0 Å². The van der Waals surface area contributed by atoms with Crippen LogP contribution in [0.15, 0.2) is 29.3 Å². The maximum Gasteiger partial charge on any atom is 0.193 e. The molecule has 5 nitrogen and oxygen atoms in total. The molecule has 3 unspecified atom stereocenters. The van der Waals surface area contributed by atoms with E-state index in [1.165, 1.54) is 5.56 Å². The van der Waals surface area contributed by atoms with Crippen LogP contribution in [0, 0.1) is 0 Å². The zero-order chi connectivity index (χ0) is 18.2. The van der Waals surface area contributed by atoms with Crippen LogP contribution in [0.25, 0.3) is 0 Å². The van der Waals surface area contributed by atoms with E-state index in [1.54, 1.807) is 0 Å². The number of hydrogen-bond donors (Lipinski definition) is 2. The van der Waals surface area contributed by atoms with E-state index in [4.69, 9.17) is 10.5 Å². The summed E-state index contributed by atoms with van der Waals surface area (Å²) in [4.78, 5) is 6.89. The first kappa shape index (κ1) is 23.2. The highest BCUT2D eigenvalue weighted by Gasteiger charge is 2.21. The Balaban J connectivity index is 0.00000338. The lowest BCUT2D eigenvalue weighted by Gasteiger charge is -2.35. The Bertz CT molecular complexity index is 539. The molecule has 148 valence electrons.